The molecule has 0 spiro atoms. The first kappa shape index (κ1) is 17.2. The van der Waals surface area contributed by atoms with Gasteiger partial charge in [0.1, 0.15) is 0 Å². The topological polar surface area (TPSA) is 50.9 Å². The molecule has 0 aliphatic carbocycles. The van der Waals surface area contributed by atoms with Crippen molar-refractivity contribution in [1.82, 2.24) is 14.5 Å². The monoisotopic (exact) mass is 355 g/mol. The molecule has 0 saturated carbocycles. The summed E-state index contributed by atoms with van der Waals surface area (Å²) in [5.41, 5.74) is 5.03. The zero-order valence-electron chi connectivity index (χ0n) is 14.9. The highest BCUT2D eigenvalue weighted by Crippen LogP contribution is 2.31. The Kier molecular flexibility index (Phi) is 5.08. The van der Waals surface area contributed by atoms with Gasteiger partial charge in [-0.05, 0) is 17.7 Å². The molecule has 0 aliphatic rings. The first-order chi connectivity index (χ1) is 13.3. The van der Waals surface area contributed by atoms with E-state index in [4.69, 9.17) is 0 Å². The Labute approximate surface area is 158 Å². The minimum absolute atomic E-state index is 0.471. The van der Waals surface area contributed by atoms with E-state index in [1.807, 2.05) is 83.6 Å². The summed E-state index contributed by atoms with van der Waals surface area (Å²) in [6, 6.07) is 24.1. The number of aliphatic hydroxyl groups is 1. The molecule has 134 valence electrons. The molecule has 1 atom stereocenters. The van der Waals surface area contributed by atoms with Crippen LogP contribution in [0.3, 0.4) is 0 Å². The van der Waals surface area contributed by atoms with Crippen molar-refractivity contribution < 1.29 is 5.11 Å². The number of pyridine rings is 1. The highest BCUT2D eigenvalue weighted by atomic mass is 16.3. The van der Waals surface area contributed by atoms with Crippen LogP contribution >= 0.6 is 0 Å². The minimum atomic E-state index is -0.499. The predicted molar refractivity (Wildman–Crippen MR) is 107 cm³/mol. The van der Waals surface area contributed by atoms with Gasteiger partial charge in [-0.2, -0.15) is 0 Å². The van der Waals surface area contributed by atoms with Crippen molar-refractivity contribution in [2.75, 3.05) is 0 Å². The third-order valence-electron chi connectivity index (χ3n) is 4.54. The average molecular weight is 355 g/mol. The fraction of sp³-hybridized carbons (Fsp3) is 0.130. The molecule has 4 nitrogen and oxygen atoms in total. The minimum Gasteiger partial charge on any atom is -0.391 e. The van der Waals surface area contributed by atoms with Crippen LogP contribution in [0, 0.1) is 0 Å². The van der Waals surface area contributed by atoms with Gasteiger partial charge in [0.15, 0.2) is 0 Å². The summed E-state index contributed by atoms with van der Waals surface area (Å²) in [6.45, 7) is 0.471. The van der Waals surface area contributed by atoms with Gasteiger partial charge in [-0.3, -0.25) is 4.98 Å². The molecule has 0 aliphatic heterocycles. The van der Waals surface area contributed by atoms with Gasteiger partial charge in [0.25, 0.3) is 0 Å². The molecule has 0 amide bonds. The van der Waals surface area contributed by atoms with Crippen molar-refractivity contribution in [2.24, 2.45) is 0 Å². The maximum Gasteiger partial charge on any atom is 0.0963 e. The van der Waals surface area contributed by atoms with Crippen LogP contribution in [0.1, 0.15) is 5.56 Å². The van der Waals surface area contributed by atoms with Gasteiger partial charge >= 0.3 is 0 Å². The summed E-state index contributed by atoms with van der Waals surface area (Å²) < 4.78 is 2.02. The molecule has 2 aromatic heterocycles. The Morgan fingerprint density at radius 2 is 1.56 bits per heavy atom. The van der Waals surface area contributed by atoms with Crippen LogP contribution in [0.25, 0.3) is 22.5 Å². The Balaban J connectivity index is 1.67. The largest absolute Gasteiger partial charge is 0.391 e. The zero-order chi connectivity index (χ0) is 18.5. The lowest BCUT2D eigenvalue weighted by molar-refractivity contribution is 0.155. The summed E-state index contributed by atoms with van der Waals surface area (Å²) in [6.07, 6.45) is 5.51. The molecule has 0 unspecified atom stereocenters. The zero-order valence-corrected chi connectivity index (χ0v) is 14.9. The van der Waals surface area contributed by atoms with E-state index in [1.54, 1.807) is 12.5 Å². The summed E-state index contributed by atoms with van der Waals surface area (Å²) in [5.74, 6) is 0. The number of hydrogen-bond acceptors (Lipinski definition) is 3. The Morgan fingerprint density at radius 3 is 2.26 bits per heavy atom. The van der Waals surface area contributed by atoms with E-state index in [1.165, 1.54) is 0 Å². The van der Waals surface area contributed by atoms with Crippen LogP contribution in [-0.2, 0) is 13.0 Å². The normalized spacial score (nSPS) is 12.0. The van der Waals surface area contributed by atoms with Crippen molar-refractivity contribution in [1.29, 1.82) is 0 Å². The predicted octanol–water partition coefficient (Wildman–Crippen LogP) is 4.22. The van der Waals surface area contributed by atoms with E-state index in [0.717, 1.165) is 28.1 Å². The second-order valence-electron chi connectivity index (χ2n) is 6.55. The third kappa shape index (κ3) is 3.96. The van der Waals surface area contributed by atoms with E-state index < -0.39 is 6.10 Å². The van der Waals surface area contributed by atoms with Crippen LogP contribution in [0.4, 0.5) is 0 Å². The smallest absolute Gasteiger partial charge is 0.0963 e. The van der Waals surface area contributed by atoms with Gasteiger partial charge in [-0.1, -0.05) is 60.7 Å². The van der Waals surface area contributed by atoms with Gasteiger partial charge in [0, 0.05) is 29.9 Å². The van der Waals surface area contributed by atoms with Gasteiger partial charge in [-0.25, -0.2) is 4.98 Å². The number of aromatic nitrogens is 3. The molecule has 0 saturated heterocycles. The van der Waals surface area contributed by atoms with Gasteiger partial charge in [0.05, 0.1) is 30.4 Å². The molecule has 0 radical (unpaired) electrons. The van der Waals surface area contributed by atoms with Crippen molar-refractivity contribution >= 4 is 0 Å². The molecule has 27 heavy (non-hydrogen) atoms. The molecular weight excluding hydrogens is 334 g/mol. The third-order valence-corrected chi connectivity index (χ3v) is 4.54. The lowest BCUT2D eigenvalue weighted by Crippen LogP contribution is -2.18. The van der Waals surface area contributed by atoms with Crippen molar-refractivity contribution in [3.63, 3.8) is 0 Å². The Bertz CT molecular complexity index is 982. The highest BCUT2D eigenvalue weighted by molar-refractivity contribution is 5.78. The molecule has 2 aromatic carbocycles. The Hall–Kier alpha value is -3.24. The number of aliphatic hydroxyl groups excluding tert-OH is 1. The van der Waals surface area contributed by atoms with E-state index in [0.29, 0.717) is 13.0 Å². The van der Waals surface area contributed by atoms with Gasteiger partial charge in [0.2, 0.25) is 0 Å². The lowest BCUT2D eigenvalue weighted by atomic mass is 10.1. The van der Waals surface area contributed by atoms with Crippen molar-refractivity contribution in [3.8, 4) is 22.5 Å². The van der Waals surface area contributed by atoms with Gasteiger partial charge < -0.3 is 9.67 Å². The SMILES string of the molecule is O[C@H](Cc1ccccc1)Cn1cnc(-c2ccccc2)c1-c1cccnc1. The summed E-state index contributed by atoms with van der Waals surface area (Å²) in [7, 11) is 0. The highest BCUT2D eigenvalue weighted by Gasteiger charge is 2.17. The standard InChI is InChI=1S/C23H21N3O/c27-21(14-18-8-3-1-4-9-18)16-26-17-25-22(19-10-5-2-6-11-19)23(26)20-12-7-13-24-15-20/h1-13,15,17,21,27H,14,16H2/t21-/m1/s1. The summed E-state index contributed by atoms with van der Waals surface area (Å²) in [5, 5.41) is 10.6. The Morgan fingerprint density at radius 1 is 0.852 bits per heavy atom. The average Bonchev–Trinajstić information content (AvgIpc) is 3.13. The van der Waals surface area contributed by atoms with Crippen molar-refractivity contribution in [2.45, 2.75) is 19.1 Å². The van der Waals surface area contributed by atoms with Crippen molar-refractivity contribution in [3.05, 3.63) is 97.1 Å². The van der Waals surface area contributed by atoms with E-state index in [9.17, 15) is 5.11 Å². The molecule has 0 fully saturated rings. The first-order valence-electron chi connectivity index (χ1n) is 9.04. The van der Waals surface area contributed by atoms with E-state index in [2.05, 4.69) is 9.97 Å². The number of hydrogen-bond donors (Lipinski definition) is 1. The number of benzene rings is 2. The second kappa shape index (κ2) is 7.98. The van der Waals surface area contributed by atoms with Crippen LogP contribution < -0.4 is 0 Å². The maximum atomic E-state index is 10.6. The summed E-state index contributed by atoms with van der Waals surface area (Å²) in [4.78, 5) is 8.91. The molecular formula is C23H21N3O. The fourth-order valence-electron chi connectivity index (χ4n) is 3.31. The fourth-order valence-corrected chi connectivity index (χ4v) is 3.31. The molecule has 2 heterocycles. The lowest BCUT2D eigenvalue weighted by Gasteiger charge is -2.15. The number of nitrogens with zero attached hydrogens (tertiary/aromatic N) is 3. The van der Waals surface area contributed by atoms with Crippen LogP contribution in [0.15, 0.2) is 91.5 Å². The number of rotatable bonds is 6. The van der Waals surface area contributed by atoms with Crippen LogP contribution in [0.5, 0.6) is 0 Å². The van der Waals surface area contributed by atoms with Crippen LogP contribution in [0.2, 0.25) is 0 Å². The molecule has 0 bridgehead atoms. The molecule has 1 N–H and O–H groups in total. The number of imidazole rings is 1. The first-order valence-corrected chi connectivity index (χ1v) is 9.04. The molecule has 4 heteroatoms. The maximum absolute atomic E-state index is 10.6. The second-order valence-corrected chi connectivity index (χ2v) is 6.55. The van der Waals surface area contributed by atoms with E-state index in [-0.39, 0.29) is 0 Å². The summed E-state index contributed by atoms with van der Waals surface area (Å²) >= 11 is 0. The molecule has 4 aromatic rings. The molecule has 4 rings (SSSR count). The quantitative estimate of drug-likeness (QED) is 0.563. The van der Waals surface area contributed by atoms with Crippen LogP contribution in [-0.4, -0.2) is 25.7 Å². The van der Waals surface area contributed by atoms with E-state index >= 15 is 0 Å². The van der Waals surface area contributed by atoms with Gasteiger partial charge in [-0.15, -0.1) is 0 Å².